The Labute approximate surface area is 197 Å². The smallest absolute Gasteiger partial charge is 0.196 e. The minimum absolute atomic E-state index is 0.524. The molecule has 3 aromatic carbocycles. The molecule has 0 atom stereocenters. The van der Waals surface area contributed by atoms with E-state index in [2.05, 4.69) is 10.2 Å². The number of hydrogen-bond donors (Lipinski definition) is 0. The second kappa shape index (κ2) is 10.8. The summed E-state index contributed by atoms with van der Waals surface area (Å²) in [5.74, 6) is 4.52. The van der Waals surface area contributed by atoms with E-state index in [0.29, 0.717) is 18.2 Å². The van der Waals surface area contributed by atoms with Crippen LogP contribution in [0.2, 0.25) is 0 Å². The van der Waals surface area contributed by atoms with E-state index < -0.39 is 0 Å². The molecule has 0 N–H and O–H groups in total. The summed E-state index contributed by atoms with van der Waals surface area (Å²) in [6.07, 6.45) is 0. The van der Waals surface area contributed by atoms with Crippen LogP contribution in [0.4, 0.5) is 0 Å². The zero-order valence-corrected chi connectivity index (χ0v) is 19.5. The fourth-order valence-electron chi connectivity index (χ4n) is 3.30. The van der Waals surface area contributed by atoms with E-state index in [1.165, 1.54) is 0 Å². The second-order valence-electron chi connectivity index (χ2n) is 6.91. The van der Waals surface area contributed by atoms with Gasteiger partial charge in [0.1, 0.15) is 23.0 Å². The molecule has 170 valence electrons. The first-order valence-electron chi connectivity index (χ1n) is 10.4. The molecule has 0 aliphatic rings. The van der Waals surface area contributed by atoms with Crippen LogP contribution < -0.4 is 18.9 Å². The molecular formula is C25H25N3O4S. The summed E-state index contributed by atoms with van der Waals surface area (Å²) in [7, 11) is 4.95. The first-order valence-corrected chi connectivity index (χ1v) is 11.3. The number of thioether (sulfide) groups is 1. The molecule has 0 amide bonds. The quantitative estimate of drug-likeness (QED) is 0.239. The highest BCUT2D eigenvalue weighted by atomic mass is 32.2. The van der Waals surface area contributed by atoms with Crippen LogP contribution in [-0.2, 0) is 0 Å². The number of aromatic nitrogens is 3. The highest BCUT2D eigenvalue weighted by Gasteiger charge is 2.19. The van der Waals surface area contributed by atoms with Crippen molar-refractivity contribution in [2.75, 3.05) is 33.7 Å². The molecule has 0 spiro atoms. The molecule has 0 bridgehead atoms. The van der Waals surface area contributed by atoms with Crippen molar-refractivity contribution >= 4 is 11.8 Å². The van der Waals surface area contributed by atoms with E-state index in [1.54, 1.807) is 33.1 Å². The summed E-state index contributed by atoms with van der Waals surface area (Å²) < 4.78 is 23.9. The standard InChI is InChI=1S/C25H25N3O4S/c1-29-19-10-8-18(9-11-19)28-24(22-6-4-5-7-23(22)31-3)26-27-25(28)33-17-16-32-21-14-12-20(30-2)13-15-21/h4-15H,16-17H2,1-3H3. The number of para-hydroxylation sites is 1. The van der Waals surface area contributed by atoms with Crippen LogP contribution in [0.5, 0.6) is 23.0 Å². The van der Waals surface area contributed by atoms with Gasteiger partial charge in [-0.25, -0.2) is 0 Å². The van der Waals surface area contributed by atoms with Gasteiger partial charge in [-0.05, 0) is 60.7 Å². The van der Waals surface area contributed by atoms with Gasteiger partial charge in [0.2, 0.25) is 0 Å². The van der Waals surface area contributed by atoms with Gasteiger partial charge in [-0.15, -0.1) is 10.2 Å². The zero-order valence-electron chi connectivity index (χ0n) is 18.7. The van der Waals surface area contributed by atoms with Gasteiger partial charge in [0.05, 0.1) is 39.2 Å². The van der Waals surface area contributed by atoms with Crippen LogP contribution in [0, 0.1) is 0 Å². The third-order valence-corrected chi connectivity index (χ3v) is 5.85. The summed E-state index contributed by atoms with van der Waals surface area (Å²) >= 11 is 1.58. The molecule has 0 fully saturated rings. The van der Waals surface area contributed by atoms with Crippen molar-refractivity contribution in [1.82, 2.24) is 14.8 Å². The van der Waals surface area contributed by atoms with Crippen molar-refractivity contribution in [3.05, 3.63) is 72.8 Å². The lowest BCUT2D eigenvalue weighted by molar-refractivity contribution is 0.342. The van der Waals surface area contributed by atoms with Crippen molar-refractivity contribution in [3.63, 3.8) is 0 Å². The maximum atomic E-state index is 5.86. The van der Waals surface area contributed by atoms with E-state index in [1.807, 2.05) is 77.4 Å². The van der Waals surface area contributed by atoms with Gasteiger partial charge < -0.3 is 18.9 Å². The Kier molecular flexibility index (Phi) is 7.36. The van der Waals surface area contributed by atoms with Crippen LogP contribution in [0.1, 0.15) is 0 Å². The zero-order chi connectivity index (χ0) is 23.0. The van der Waals surface area contributed by atoms with Crippen molar-refractivity contribution in [2.45, 2.75) is 5.16 Å². The van der Waals surface area contributed by atoms with E-state index in [4.69, 9.17) is 18.9 Å². The van der Waals surface area contributed by atoms with Crippen LogP contribution in [0.15, 0.2) is 78.0 Å². The maximum Gasteiger partial charge on any atom is 0.196 e. The van der Waals surface area contributed by atoms with Gasteiger partial charge in [0.25, 0.3) is 0 Å². The van der Waals surface area contributed by atoms with Crippen molar-refractivity contribution in [2.24, 2.45) is 0 Å². The molecule has 4 aromatic rings. The predicted molar refractivity (Wildman–Crippen MR) is 129 cm³/mol. The number of rotatable bonds is 10. The predicted octanol–water partition coefficient (Wildman–Crippen LogP) is 5.13. The van der Waals surface area contributed by atoms with Crippen LogP contribution in [0.25, 0.3) is 17.1 Å². The average molecular weight is 464 g/mol. The molecule has 0 saturated heterocycles. The Morgan fingerprint density at radius 1 is 0.727 bits per heavy atom. The molecular weight excluding hydrogens is 438 g/mol. The number of nitrogens with zero attached hydrogens (tertiary/aromatic N) is 3. The van der Waals surface area contributed by atoms with Crippen molar-refractivity contribution < 1.29 is 18.9 Å². The molecule has 0 radical (unpaired) electrons. The maximum absolute atomic E-state index is 5.86. The van der Waals surface area contributed by atoms with Gasteiger partial charge in [0.15, 0.2) is 11.0 Å². The van der Waals surface area contributed by atoms with Gasteiger partial charge in [-0.3, -0.25) is 4.57 Å². The lowest BCUT2D eigenvalue weighted by Gasteiger charge is -2.13. The lowest BCUT2D eigenvalue weighted by atomic mass is 10.2. The molecule has 1 aromatic heterocycles. The molecule has 1 heterocycles. The van der Waals surface area contributed by atoms with Crippen molar-refractivity contribution in [3.8, 4) is 40.1 Å². The van der Waals surface area contributed by atoms with Crippen molar-refractivity contribution in [1.29, 1.82) is 0 Å². The average Bonchev–Trinajstić information content (AvgIpc) is 3.30. The highest BCUT2D eigenvalue weighted by Crippen LogP contribution is 2.33. The van der Waals surface area contributed by atoms with E-state index in [0.717, 1.165) is 39.4 Å². The first-order chi connectivity index (χ1) is 16.2. The third-order valence-electron chi connectivity index (χ3n) is 4.95. The highest BCUT2D eigenvalue weighted by molar-refractivity contribution is 7.99. The minimum Gasteiger partial charge on any atom is -0.497 e. The Morgan fingerprint density at radius 2 is 1.36 bits per heavy atom. The number of hydrogen-bond acceptors (Lipinski definition) is 7. The van der Waals surface area contributed by atoms with Crippen LogP contribution >= 0.6 is 11.8 Å². The largest absolute Gasteiger partial charge is 0.497 e. The summed E-state index contributed by atoms with van der Waals surface area (Å²) in [6, 6.07) is 23.1. The number of ether oxygens (including phenoxy) is 4. The van der Waals surface area contributed by atoms with E-state index >= 15 is 0 Å². The molecule has 7 nitrogen and oxygen atoms in total. The summed E-state index contributed by atoms with van der Waals surface area (Å²) in [5, 5.41) is 9.73. The van der Waals surface area contributed by atoms with Gasteiger partial charge in [0, 0.05) is 5.75 Å². The lowest BCUT2D eigenvalue weighted by Crippen LogP contribution is -2.04. The molecule has 4 rings (SSSR count). The van der Waals surface area contributed by atoms with E-state index in [-0.39, 0.29) is 0 Å². The topological polar surface area (TPSA) is 67.6 Å². The summed E-state index contributed by atoms with van der Waals surface area (Å²) in [5.41, 5.74) is 1.80. The monoisotopic (exact) mass is 463 g/mol. The molecule has 8 heteroatoms. The fourth-order valence-corrected chi connectivity index (χ4v) is 4.06. The molecule has 0 unspecified atom stereocenters. The molecule has 0 saturated carbocycles. The Hall–Kier alpha value is -3.65. The minimum atomic E-state index is 0.524. The number of benzene rings is 3. The normalized spacial score (nSPS) is 10.6. The van der Waals surface area contributed by atoms with Crippen LogP contribution in [0.3, 0.4) is 0 Å². The Balaban J connectivity index is 1.57. The Morgan fingerprint density at radius 3 is 2.03 bits per heavy atom. The van der Waals surface area contributed by atoms with Crippen LogP contribution in [-0.4, -0.2) is 48.5 Å². The number of methoxy groups -OCH3 is 3. The van der Waals surface area contributed by atoms with Gasteiger partial charge in [-0.1, -0.05) is 23.9 Å². The van der Waals surface area contributed by atoms with E-state index in [9.17, 15) is 0 Å². The van der Waals surface area contributed by atoms with Gasteiger partial charge >= 0.3 is 0 Å². The molecule has 33 heavy (non-hydrogen) atoms. The Bertz CT molecular complexity index is 1180. The summed E-state index contributed by atoms with van der Waals surface area (Å²) in [4.78, 5) is 0. The molecule has 0 aliphatic heterocycles. The van der Waals surface area contributed by atoms with Gasteiger partial charge in [-0.2, -0.15) is 0 Å². The first kappa shape index (κ1) is 22.5. The summed E-state index contributed by atoms with van der Waals surface area (Å²) in [6.45, 7) is 0.524. The third kappa shape index (κ3) is 5.23. The second-order valence-corrected chi connectivity index (χ2v) is 7.97. The SMILES string of the molecule is COc1ccc(OCCSc2nnc(-c3ccccc3OC)n2-c2ccc(OC)cc2)cc1. The molecule has 0 aliphatic carbocycles. The fraction of sp³-hybridized carbons (Fsp3) is 0.200.